The van der Waals surface area contributed by atoms with Crippen LogP contribution in [0.2, 0.25) is 5.02 Å². The minimum absolute atomic E-state index is 0.0272. The highest BCUT2D eigenvalue weighted by atomic mass is 35.5. The zero-order valence-corrected chi connectivity index (χ0v) is 9.81. The van der Waals surface area contributed by atoms with Gasteiger partial charge in [0.05, 0.1) is 11.1 Å². The number of nitrogens with two attached hydrogens (primary N) is 1. The summed E-state index contributed by atoms with van der Waals surface area (Å²) in [6.07, 6.45) is 0.200. The van der Waals surface area contributed by atoms with E-state index in [4.69, 9.17) is 22.4 Å². The van der Waals surface area contributed by atoms with E-state index in [0.29, 0.717) is 5.56 Å². The molecule has 88 valence electrons. The number of benzene rings is 1. The van der Waals surface area contributed by atoms with E-state index in [1.165, 1.54) is 6.07 Å². The fourth-order valence-corrected chi connectivity index (χ4v) is 1.52. The third-order valence-corrected chi connectivity index (χ3v) is 2.73. The van der Waals surface area contributed by atoms with Crippen LogP contribution in [0.4, 0.5) is 10.1 Å². The molecule has 16 heavy (non-hydrogen) atoms. The third-order valence-electron chi connectivity index (χ3n) is 2.38. The van der Waals surface area contributed by atoms with E-state index in [9.17, 15) is 9.18 Å². The molecule has 1 rings (SSSR count). The highest BCUT2D eigenvalue weighted by molar-refractivity contribution is 6.31. The first-order valence-electron chi connectivity index (χ1n) is 4.71. The van der Waals surface area contributed by atoms with Gasteiger partial charge in [0.15, 0.2) is 0 Å². The Bertz CT molecular complexity index is 432. The number of hydrogen-bond acceptors (Lipinski definition) is 2. The van der Waals surface area contributed by atoms with E-state index in [1.54, 1.807) is 13.8 Å². The molecule has 1 aromatic rings. The van der Waals surface area contributed by atoms with Gasteiger partial charge >= 0.3 is 5.97 Å². The average Bonchev–Trinajstić information content (AvgIpc) is 2.13. The smallest absolute Gasteiger partial charge is 0.309 e. The van der Waals surface area contributed by atoms with Gasteiger partial charge < -0.3 is 10.8 Å². The molecule has 0 spiro atoms. The lowest BCUT2D eigenvalue weighted by Crippen LogP contribution is -2.26. The van der Waals surface area contributed by atoms with Crippen molar-refractivity contribution in [3.05, 3.63) is 28.5 Å². The van der Waals surface area contributed by atoms with Crippen molar-refractivity contribution in [2.75, 3.05) is 5.73 Å². The second-order valence-corrected chi connectivity index (χ2v) is 4.74. The Morgan fingerprint density at radius 2 is 2.12 bits per heavy atom. The molecule has 0 aliphatic rings. The van der Waals surface area contributed by atoms with E-state index in [2.05, 4.69) is 0 Å². The summed E-state index contributed by atoms with van der Waals surface area (Å²) in [5, 5.41) is 9.16. The molecule has 0 aliphatic heterocycles. The van der Waals surface area contributed by atoms with Crippen LogP contribution >= 0.6 is 11.6 Å². The summed E-state index contributed by atoms with van der Waals surface area (Å²) < 4.78 is 13.0. The molecule has 3 N–H and O–H groups in total. The van der Waals surface area contributed by atoms with Crippen LogP contribution in [0.1, 0.15) is 19.4 Å². The first kappa shape index (κ1) is 12.8. The molecule has 0 saturated heterocycles. The minimum Gasteiger partial charge on any atom is -0.481 e. The van der Waals surface area contributed by atoms with E-state index >= 15 is 0 Å². The van der Waals surface area contributed by atoms with Crippen LogP contribution < -0.4 is 5.73 Å². The Hall–Kier alpha value is -1.29. The van der Waals surface area contributed by atoms with Gasteiger partial charge in [-0.2, -0.15) is 0 Å². The fourth-order valence-electron chi connectivity index (χ4n) is 1.30. The van der Waals surface area contributed by atoms with Crippen LogP contribution in [0.15, 0.2) is 12.1 Å². The topological polar surface area (TPSA) is 63.3 Å². The van der Waals surface area contributed by atoms with E-state index in [0.717, 1.165) is 6.07 Å². The molecule has 0 radical (unpaired) electrons. The van der Waals surface area contributed by atoms with Gasteiger partial charge in [0.2, 0.25) is 0 Å². The van der Waals surface area contributed by atoms with Crippen LogP contribution in [-0.4, -0.2) is 11.1 Å². The van der Waals surface area contributed by atoms with Crippen molar-refractivity contribution in [3.63, 3.8) is 0 Å². The van der Waals surface area contributed by atoms with Crippen molar-refractivity contribution in [3.8, 4) is 0 Å². The molecule has 0 aromatic heterocycles. The second-order valence-electron chi connectivity index (χ2n) is 4.33. The zero-order chi connectivity index (χ0) is 12.5. The summed E-state index contributed by atoms with van der Waals surface area (Å²) in [6.45, 7) is 3.15. The van der Waals surface area contributed by atoms with Crippen molar-refractivity contribution in [2.45, 2.75) is 20.3 Å². The van der Waals surface area contributed by atoms with Gasteiger partial charge in [0, 0.05) is 5.02 Å². The monoisotopic (exact) mass is 245 g/mol. The fraction of sp³-hybridized carbons (Fsp3) is 0.364. The van der Waals surface area contributed by atoms with Gasteiger partial charge in [-0.25, -0.2) is 4.39 Å². The predicted molar refractivity (Wildman–Crippen MR) is 60.9 cm³/mol. The molecular formula is C11H13ClFNO2. The number of rotatable bonds is 3. The number of hydrogen-bond donors (Lipinski definition) is 2. The first-order chi connectivity index (χ1) is 7.24. The summed E-state index contributed by atoms with van der Waals surface area (Å²) in [5.41, 5.74) is 4.95. The van der Waals surface area contributed by atoms with Crippen LogP contribution in [0.5, 0.6) is 0 Å². The maximum absolute atomic E-state index is 13.0. The Morgan fingerprint density at radius 3 is 2.62 bits per heavy atom. The lowest BCUT2D eigenvalue weighted by molar-refractivity contribution is -0.146. The standard InChI is InChI=1S/C11H13ClFNO2/c1-11(2,10(15)16)5-6-3-9(14)8(13)4-7(6)12/h3-4H,5,14H2,1-2H3,(H,15,16). The molecule has 3 nitrogen and oxygen atoms in total. The summed E-state index contributed by atoms with van der Waals surface area (Å²) in [7, 11) is 0. The van der Waals surface area contributed by atoms with Gasteiger partial charge in [0.25, 0.3) is 0 Å². The molecule has 0 saturated carbocycles. The molecule has 0 bridgehead atoms. The van der Waals surface area contributed by atoms with Crippen LogP contribution in [0.25, 0.3) is 0 Å². The van der Waals surface area contributed by atoms with Crippen LogP contribution in [0.3, 0.4) is 0 Å². The maximum atomic E-state index is 13.0. The van der Waals surface area contributed by atoms with Crippen LogP contribution in [-0.2, 0) is 11.2 Å². The van der Waals surface area contributed by atoms with Crippen LogP contribution in [0, 0.1) is 11.2 Å². The number of aliphatic carboxylic acids is 1. The summed E-state index contributed by atoms with van der Waals surface area (Å²) >= 11 is 5.82. The highest BCUT2D eigenvalue weighted by Crippen LogP contribution is 2.29. The van der Waals surface area contributed by atoms with Gasteiger partial charge in [-0.1, -0.05) is 11.6 Å². The predicted octanol–water partition coefficient (Wildman–Crippen LogP) is 2.71. The Labute approximate surface area is 98.0 Å². The number of carboxylic acid groups (broad SMARTS) is 1. The Balaban J connectivity index is 3.07. The number of anilines is 1. The lowest BCUT2D eigenvalue weighted by atomic mass is 9.86. The maximum Gasteiger partial charge on any atom is 0.309 e. The van der Waals surface area contributed by atoms with E-state index in [-0.39, 0.29) is 17.1 Å². The van der Waals surface area contributed by atoms with Crippen molar-refractivity contribution in [1.29, 1.82) is 0 Å². The normalized spacial score (nSPS) is 11.5. The minimum atomic E-state index is -0.964. The third kappa shape index (κ3) is 2.64. The molecule has 0 heterocycles. The van der Waals surface area contributed by atoms with Gasteiger partial charge in [-0.15, -0.1) is 0 Å². The second kappa shape index (κ2) is 4.29. The number of carboxylic acids is 1. The quantitative estimate of drug-likeness (QED) is 0.805. The molecule has 0 atom stereocenters. The highest BCUT2D eigenvalue weighted by Gasteiger charge is 2.28. The van der Waals surface area contributed by atoms with Crippen molar-refractivity contribution >= 4 is 23.3 Å². The lowest BCUT2D eigenvalue weighted by Gasteiger charge is -2.20. The van der Waals surface area contributed by atoms with Gasteiger partial charge in [-0.3, -0.25) is 4.79 Å². The Kier molecular flexibility index (Phi) is 3.43. The molecule has 0 unspecified atom stereocenters. The van der Waals surface area contributed by atoms with Gasteiger partial charge in [-0.05, 0) is 38.0 Å². The largest absolute Gasteiger partial charge is 0.481 e. The summed E-state index contributed by atoms with van der Waals surface area (Å²) in [5.74, 6) is -1.53. The van der Waals surface area contributed by atoms with Gasteiger partial charge in [0.1, 0.15) is 5.82 Å². The first-order valence-corrected chi connectivity index (χ1v) is 5.08. The van der Waals surface area contributed by atoms with Crippen molar-refractivity contribution in [1.82, 2.24) is 0 Å². The number of carbonyl (C=O) groups is 1. The summed E-state index contributed by atoms with van der Waals surface area (Å²) in [6, 6.07) is 2.48. The molecule has 1 aromatic carbocycles. The molecular weight excluding hydrogens is 233 g/mol. The average molecular weight is 246 g/mol. The number of nitrogen functional groups attached to an aromatic ring is 1. The Morgan fingerprint density at radius 1 is 1.56 bits per heavy atom. The van der Waals surface area contributed by atoms with E-state index in [1.807, 2.05) is 0 Å². The summed E-state index contributed by atoms with van der Waals surface area (Å²) in [4.78, 5) is 10.9. The van der Waals surface area contributed by atoms with Crippen molar-refractivity contribution < 1.29 is 14.3 Å². The molecule has 0 fully saturated rings. The van der Waals surface area contributed by atoms with E-state index < -0.39 is 17.2 Å². The molecule has 0 aliphatic carbocycles. The zero-order valence-electron chi connectivity index (χ0n) is 9.05. The molecule has 0 amide bonds. The van der Waals surface area contributed by atoms with Crippen molar-refractivity contribution in [2.24, 2.45) is 5.41 Å². The molecule has 5 heteroatoms. The number of halogens is 2. The SMILES string of the molecule is CC(C)(Cc1cc(N)c(F)cc1Cl)C(=O)O.